The third-order valence-corrected chi connectivity index (χ3v) is 3.58. The Kier molecular flexibility index (Phi) is 4.56. The number of carbonyl (C=O) groups is 2. The maximum Gasteiger partial charge on any atom is 0.471 e. The molecule has 1 aliphatic rings. The highest BCUT2D eigenvalue weighted by Gasteiger charge is 2.40. The molecule has 120 valence electrons. The molecular weight excluding hydrogens is 351 g/mol. The normalized spacial score (nSPS) is 21.4. The highest BCUT2D eigenvalue weighted by atomic mass is 35.5. The molecule has 0 aromatic carbocycles. The fraction of sp³-hybridized carbons (Fsp3) is 0.400. The Morgan fingerprint density at radius 3 is 2.68 bits per heavy atom. The van der Waals surface area contributed by atoms with Gasteiger partial charge >= 0.3 is 18.1 Å². The van der Waals surface area contributed by atoms with Crippen LogP contribution in [0.4, 0.5) is 18.3 Å². The van der Waals surface area contributed by atoms with E-state index in [-0.39, 0.29) is 11.1 Å². The van der Waals surface area contributed by atoms with Gasteiger partial charge in [0.25, 0.3) is 0 Å². The second-order valence-corrected chi connectivity index (χ2v) is 5.55. The molecule has 12 heteroatoms. The minimum Gasteiger partial charge on any atom is -0.476 e. The Hall–Kier alpha value is -1.88. The first-order valence-electron chi connectivity index (χ1n) is 5.63. The van der Waals surface area contributed by atoms with Gasteiger partial charge in [-0.15, -0.1) is 22.9 Å². The summed E-state index contributed by atoms with van der Waals surface area (Å²) < 4.78 is 36.3. The molecular formula is C10H7ClF3N3O4S. The maximum absolute atomic E-state index is 12.1. The van der Waals surface area contributed by atoms with Crippen molar-refractivity contribution in [1.29, 1.82) is 0 Å². The zero-order chi connectivity index (χ0) is 16.5. The lowest BCUT2D eigenvalue weighted by Gasteiger charge is -2.04. The summed E-state index contributed by atoms with van der Waals surface area (Å²) in [6.45, 7) is 0. The second-order valence-electron chi connectivity index (χ2n) is 4.13. The zero-order valence-electron chi connectivity index (χ0n) is 10.4. The summed E-state index contributed by atoms with van der Waals surface area (Å²) in [5.74, 6) is -3.69. The average molecular weight is 358 g/mol. The van der Waals surface area contributed by atoms with Gasteiger partial charge in [0.1, 0.15) is 11.8 Å². The molecule has 2 unspecified atom stereocenters. The highest BCUT2D eigenvalue weighted by Crippen LogP contribution is 2.31. The van der Waals surface area contributed by atoms with Crippen molar-refractivity contribution in [3.63, 3.8) is 0 Å². The Morgan fingerprint density at radius 1 is 1.55 bits per heavy atom. The van der Waals surface area contributed by atoms with Gasteiger partial charge < -0.3 is 9.94 Å². The molecule has 0 saturated heterocycles. The third kappa shape index (κ3) is 4.07. The summed E-state index contributed by atoms with van der Waals surface area (Å²) in [5, 5.41) is 14.4. The number of hydrogen-bond donors (Lipinski definition) is 2. The summed E-state index contributed by atoms with van der Waals surface area (Å²) in [6.07, 6.45) is -4.96. The second kappa shape index (κ2) is 6.08. The number of aromatic nitrogens is 1. The largest absolute Gasteiger partial charge is 0.476 e. The van der Waals surface area contributed by atoms with Crippen LogP contribution in [-0.4, -0.2) is 45.3 Å². The van der Waals surface area contributed by atoms with Gasteiger partial charge in [-0.25, -0.2) is 9.78 Å². The van der Waals surface area contributed by atoms with Crippen molar-refractivity contribution in [3.8, 4) is 0 Å². The smallest absolute Gasteiger partial charge is 0.471 e. The zero-order valence-corrected chi connectivity index (χ0v) is 12.0. The molecule has 0 spiro atoms. The molecule has 2 atom stereocenters. The summed E-state index contributed by atoms with van der Waals surface area (Å²) >= 11 is 6.28. The van der Waals surface area contributed by atoms with Crippen LogP contribution in [0.3, 0.4) is 0 Å². The lowest BCUT2D eigenvalue weighted by molar-refractivity contribution is -0.167. The summed E-state index contributed by atoms with van der Waals surface area (Å²) in [6, 6.07) is 0. The number of carboxylic acids is 1. The predicted octanol–water partition coefficient (Wildman–Crippen LogP) is 1.83. The van der Waals surface area contributed by atoms with E-state index < -0.39 is 35.0 Å². The number of alkyl halides is 4. The molecule has 22 heavy (non-hydrogen) atoms. The van der Waals surface area contributed by atoms with Crippen LogP contribution in [0, 0.1) is 0 Å². The first-order valence-corrected chi connectivity index (χ1v) is 6.95. The van der Waals surface area contributed by atoms with E-state index >= 15 is 0 Å². The van der Waals surface area contributed by atoms with Crippen LogP contribution in [0.2, 0.25) is 0 Å². The molecule has 1 aromatic rings. The van der Waals surface area contributed by atoms with Gasteiger partial charge in [-0.2, -0.15) is 13.2 Å². The number of carbonyl (C=O) groups excluding carboxylic acids is 1. The number of hydrogen-bond acceptors (Lipinski definition) is 6. The van der Waals surface area contributed by atoms with E-state index in [1.807, 2.05) is 0 Å². The fourth-order valence-electron chi connectivity index (χ4n) is 1.18. The number of amides is 1. The molecule has 2 N–H and O–H groups in total. The molecule has 7 nitrogen and oxygen atoms in total. The molecule has 1 amide bonds. The van der Waals surface area contributed by atoms with E-state index in [2.05, 4.69) is 10.1 Å². The van der Waals surface area contributed by atoms with E-state index in [1.54, 1.807) is 0 Å². The van der Waals surface area contributed by atoms with E-state index in [1.165, 1.54) is 5.32 Å². The van der Waals surface area contributed by atoms with Crippen LogP contribution < -0.4 is 5.32 Å². The number of anilines is 1. The van der Waals surface area contributed by atoms with E-state index in [0.717, 1.165) is 5.38 Å². The van der Waals surface area contributed by atoms with Crippen molar-refractivity contribution in [2.75, 3.05) is 5.32 Å². The molecule has 0 bridgehead atoms. The van der Waals surface area contributed by atoms with Crippen LogP contribution in [0.5, 0.6) is 0 Å². The van der Waals surface area contributed by atoms with Gasteiger partial charge in [-0.05, 0) is 0 Å². The van der Waals surface area contributed by atoms with E-state index in [4.69, 9.17) is 21.5 Å². The Labute approximate surface area is 129 Å². The topological polar surface area (TPSA) is 101 Å². The van der Waals surface area contributed by atoms with Gasteiger partial charge in [0.15, 0.2) is 5.13 Å². The highest BCUT2D eigenvalue weighted by molar-refractivity contribution is 7.14. The number of thiazole rings is 1. The Bertz CT molecular complexity index is 633. The molecule has 1 saturated carbocycles. The number of nitrogens with one attached hydrogen (secondary N) is 1. The molecule has 1 aromatic heterocycles. The van der Waals surface area contributed by atoms with E-state index in [9.17, 15) is 22.8 Å². The molecule has 0 aliphatic heterocycles. The number of carboxylic acid groups (broad SMARTS) is 1. The van der Waals surface area contributed by atoms with Crippen LogP contribution >= 0.6 is 22.9 Å². The SMILES string of the molecule is O=C(O)C(=NOC1CC1Cl)c1csc(NC(=O)C(F)(F)F)n1. The minimum atomic E-state index is -5.07. The van der Waals surface area contributed by atoms with Gasteiger partial charge in [-0.3, -0.25) is 10.1 Å². The number of nitrogens with zero attached hydrogens (tertiary/aromatic N) is 2. The molecule has 1 aliphatic carbocycles. The Morgan fingerprint density at radius 2 is 2.18 bits per heavy atom. The number of halogens is 4. The summed E-state index contributed by atoms with van der Waals surface area (Å²) in [7, 11) is 0. The fourth-order valence-corrected chi connectivity index (χ4v) is 2.09. The van der Waals surface area contributed by atoms with Gasteiger partial charge in [0.05, 0.1) is 5.38 Å². The third-order valence-electron chi connectivity index (χ3n) is 2.36. The van der Waals surface area contributed by atoms with Crippen molar-refractivity contribution in [3.05, 3.63) is 11.1 Å². The lowest BCUT2D eigenvalue weighted by atomic mass is 10.3. The average Bonchev–Trinajstić information content (AvgIpc) is 2.91. The van der Waals surface area contributed by atoms with Crippen molar-refractivity contribution in [2.45, 2.75) is 24.1 Å². The molecule has 0 radical (unpaired) electrons. The minimum absolute atomic E-state index is 0.234. The number of oxime groups is 1. The summed E-state index contributed by atoms with van der Waals surface area (Å²) in [4.78, 5) is 30.2. The lowest BCUT2D eigenvalue weighted by Crippen LogP contribution is -2.29. The van der Waals surface area contributed by atoms with Crippen molar-refractivity contribution in [1.82, 2.24) is 4.98 Å². The first kappa shape index (κ1) is 16.5. The van der Waals surface area contributed by atoms with Gasteiger partial charge in [0.2, 0.25) is 5.71 Å². The monoisotopic (exact) mass is 357 g/mol. The van der Waals surface area contributed by atoms with Crippen LogP contribution in [0.1, 0.15) is 12.1 Å². The van der Waals surface area contributed by atoms with Crippen LogP contribution in [0.25, 0.3) is 0 Å². The Balaban J connectivity index is 2.10. The number of aliphatic carboxylic acids is 1. The summed E-state index contributed by atoms with van der Waals surface area (Å²) in [5.41, 5.74) is -0.832. The predicted molar refractivity (Wildman–Crippen MR) is 70.1 cm³/mol. The van der Waals surface area contributed by atoms with Crippen LogP contribution in [0.15, 0.2) is 10.5 Å². The molecule has 1 fully saturated rings. The van der Waals surface area contributed by atoms with E-state index in [0.29, 0.717) is 17.8 Å². The standard InChI is InChI=1S/C10H7ClF3N3O4S/c11-3-1-5(3)21-17-6(7(18)19)4-2-22-9(15-4)16-8(20)10(12,13)14/h2-3,5H,1H2,(H,18,19)(H,15,16,20). The first-order chi connectivity index (χ1) is 10.2. The quantitative estimate of drug-likeness (QED) is 0.475. The maximum atomic E-state index is 12.1. The molecule has 2 rings (SSSR count). The molecule has 1 heterocycles. The van der Waals surface area contributed by atoms with Crippen LogP contribution in [-0.2, 0) is 14.4 Å². The van der Waals surface area contributed by atoms with Gasteiger partial charge in [0, 0.05) is 11.8 Å². The number of rotatable bonds is 5. The van der Waals surface area contributed by atoms with Gasteiger partial charge in [-0.1, -0.05) is 5.16 Å². The van der Waals surface area contributed by atoms with Crippen molar-refractivity contribution in [2.24, 2.45) is 5.16 Å². The van der Waals surface area contributed by atoms with Crippen molar-refractivity contribution < 1.29 is 32.7 Å². The van der Waals surface area contributed by atoms with Crippen molar-refractivity contribution >= 4 is 45.7 Å².